The molecule has 6 nitrogen and oxygen atoms in total. The minimum atomic E-state index is -0.629. The van der Waals surface area contributed by atoms with E-state index >= 15 is 0 Å². The van der Waals surface area contributed by atoms with Crippen LogP contribution in [0.1, 0.15) is 25.1 Å². The molecule has 2 heterocycles. The molecule has 0 saturated heterocycles. The molecule has 2 aromatic rings. The maximum Gasteiger partial charge on any atom is 0.315 e. The summed E-state index contributed by atoms with van der Waals surface area (Å²) in [4.78, 5) is 16.6. The van der Waals surface area contributed by atoms with E-state index in [-0.39, 0.29) is 23.7 Å². The summed E-state index contributed by atoms with van der Waals surface area (Å²) in [7, 11) is 0. The van der Waals surface area contributed by atoms with Crippen LogP contribution in [0.5, 0.6) is 0 Å². The lowest BCUT2D eigenvalue weighted by Crippen LogP contribution is -2.52. The summed E-state index contributed by atoms with van der Waals surface area (Å²) in [5, 5.41) is 5.99. The Labute approximate surface area is 156 Å². The number of nitrogens with two attached hydrogens (primary N) is 1. The SMILES string of the molecule is NCC1CC(NC(=O)NC2CCc3nc(-c4ccc(F)cc4F)cn3C2)C1. The highest BCUT2D eigenvalue weighted by Crippen LogP contribution is 2.27. The highest BCUT2D eigenvalue weighted by molar-refractivity contribution is 5.74. The zero-order valence-corrected chi connectivity index (χ0v) is 14.9. The van der Waals surface area contributed by atoms with E-state index in [9.17, 15) is 13.6 Å². The fourth-order valence-corrected chi connectivity index (χ4v) is 3.85. The van der Waals surface area contributed by atoms with Gasteiger partial charge in [0.05, 0.1) is 5.69 Å². The Morgan fingerprint density at radius 1 is 1.26 bits per heavy atom. The number of carbonyl (C=O) groups excluding carboxylic acids is 1. The van der Waals surface area contributed by atoms with Crippen molar-refractivity contribution in [3.8, 4) is 11.3 Å². The van der Waals surface area contributed by atoms with Gasteiger partial charge in [-0.3, -0.25) is 0 Å². The molecular formula is C19H23F2N5O. The third-order valence-corrected chi connectivity index (χ3v) is 5.44. The summed E-state index contributed by atoms with van der Waals surface area (Å²) in [6, 6.07) is 3.52. The smallest absolute Gasteiger partial charge is 0.315 e. The standard InChI is InChI=1S/C19H23F2N5O/c20-12-1-3-15(16(21)7-12)17-10-26-9-13(2-4-18(26)25-17)23-19(27)24-14-5-11(6-14)8-22/h1,3,7,10-11,13-14H,2,4-6,8-9,22H2,(H2,23,24,27). The first kappa shape index (κ1) is 17.9. The van der Waals surface area contributed by atoms with Gasteiger partial charge in [-0.1, -0.05) is 0 Å². The van der Waals surface area contributed by atoms with E-state index in [1.54, 1.807) is 6.20 Å². The van der Waals surface area contributed by atoms with Crippen LogP contribution < -0.4 is 16.4 Å². The molecule has 4 N–H and O–H groups in total. The van der Waals surface area contributed by atoms with Gasteiger partial charge in [0.25, 0.3) is 0 Å². The van der Waals surface area contributed by atoms with Crippen LogP contribution in [0.3, 0.4) is 0 Å². The van der Waals surface area contributed by atoms with Crippen LogP contribution in [-0.2, 0) is 13.0 Å². The number of imidazole rings is 1. The number of aromatic nitrogens is 2. The van der Waals surface area contributed by atoms with E-state index in [2.05, 4.69) is 15.6 Å². The van der Waals surface area contributed by atoms with E-state index in [1.807, 2.05) is 4.57 Å². The number of hydrogen-bond acceptors (Lipinski definition) is 3. The van der Waals surface area contributed by atoms with Crippen LogP contribution in [0, 0.1) is 17.6 Å². The van der Waals surface area contributed by atoms with Crippen LogP contribution in [0.15, 0.2) is 24.4 Å². The summed E-state index contributed by atoms with van der Waals surface area (Å²) in [6.45, 7) is 1.25. The van der Waals surface area contributed by atoms with Crippen molar-refractivity contribution in [1.82, 2.24) is 20.2 Å². The second-order valence-electron chi connectivity index (χ2n) is 7.44. The minimum Gasteiger partial charge on any atom is -0.335 e. The van der Waals surface area contributed by atoms with Crippen molar-refractivity contribution >= 4 is 6.03 Å². The van der Waals surface area contributed by atoms with Crippen LogP contribution in [-0.4, -0.2) is 34.2 Å². The number of hydrogen-bond donors (Lipinski definition) is 3. The van der Waals surface area contributed by atoms with Crippen molar-refractivity contribution in [3.63, 3.8) is 0 Å². The maximum absolute atomic E-state index is 14.0. The number of benzene rings is 1. The van der Waals surface area contributed by atoms with Gasteiger partial charge in [0.2, 0.25) is 0 Å². The van der Waals surface area contributed by atoms with Gasteiger partial charge in [0.1, 0.15) is 17.5 Å². The molecule has 8 heteroatoms. The Balaban J connectivity index is 1.37. The molecule has 0 spiro atoms. The van der Waals surface area contributed by atoms with Crippen molar-refractivity contribution in [2.75, 3.05) is 6.54 Å². The first-order chi connectivity index (χ1) is 13.0. The average Bonchev–Trinajstić information content (AvgIpc) is 3.00. The Hall–Kier alpha value is -2.48. The fourth-order valence-electron chi connectivity index (χ4n) is 3.85. The molecule has 1 aromatic carbocycles. The van der Waals surface area contributed by atoms with Crippen molar-refractivity contribution in [1.29, 1.82) is 0 Å². The monoisotopic (exact) mass is 375 g/mol. The van der Waals surface area contributed by atoms with Gasteiger partial charge in [-0.25, -0.2) is 18.6 Å². The second-order valence-corrected chi connectivity index (χ2v) is 7.44. The van der Waals surface area contributed by atoms with Crippen molar-refractivity contribution < 1.29 is 13.6 Å². The lowest BCUT2D eigenvalue weighted by atomic mass is 9.80. The van der Waals surface area contributed by atoms with Gasteiger partial charge >= 0.3 is 6.03 Å². The molecule has 27 heavy (non-hydrogen) atoms. The van der Waals surface area contributed by atoms with Gasteiger partial charge < -0.3 is 20.9 Å². The molecule has 1 unspecified atom stereocenters. The summed E-state index contributed by atoms with van der Waals surface area (Å²) < 4.78 is 29.0. The zero-order valence-electron chi connectivity index (χ0n) is 14.9. The number of nitrogens with one attached hydrogen (secondary N) is 2. The quantitative estimate of drug-likeness (QED) is 0.766. The number of amides is 2. The Morgan fingerprint density at radius 3 is 2.78 bits per heavy atom. The maximum atomic E-state index is 14.0. The van der Waals surface area contributed by atoms with Crippen molar-refractivity contribution in [2.45, 2.75) is 44.3 Å². The fraction of sp³-hybridized carbons (Fsp3) is 0.474. The number of urea groups is 1. The molecule has 4 rings (SSSR count). The van der Waals surface area contributed by atoms with E-state index in [0.29, 0.717) is 31.1 Å². The van der Waals surface area contributed by atoms with Crippen molar-refractivity contribution in [2.24, 2.45) is 11.7 Å². The molecule has 1 aromatic heterocycles. The third kappa shape index (κ3) is 3.80. The molecule has 1 aliphatic heterocycles. The first-order valence-corrected chi connectivity index (χ1v) is 9.30. The summed E-state index contributed by atoms with van der Waals surface area (Å²) in [5.41, 5.74) is 6.36. The van der Waals surface area contributed by atoms with E-state index in [0.717, 1.165) is 31.2 Å². The normalized spacial score (nSPS) is 24.0. The topological polar surface area (TPSA) is 85.0 Å². The molecular weight excluding hydrogens is 352 g/mol. The molecule has 1 aliphatic carbocycles. The lowest BCUT2D eigenvalue weighted by Gasteiger charge is -2.35. The second kappa shape index (κ2) is 7.26. The third-order valence-electron chi connectivity index (χ3n) is 5.44. The molecule has 0 bridgehead atoms. The number of fused-ring (bicyclic) bond motifs is 1. The van der Waals surface area contributed by atoms with E-state index < -0.39 is 11.6 Å². The number of halogens is 2. The van der Waals surface area contributed by atoms with E-state index in [4.69, 9.17) is 5.73 Å². The van der Waals surface area contributed by atoms with Crippen molar-refractivity contribution in [3.05, 3.63) is 41.9 Å². The Morgan fingerprint density at radius 2 is 2.04 bits per heavy atom. The highest BCUT2D eigenvalue weighted by Gasteiger charge is 2.30. The predicted molar refractivity (Wildman–Crippen MR) is 96.9 cm³/mol. The number of rotatable bonds is 4. The molecule has 2 aliphatic rings. The van der Waals surface area contributed by atoms with Gasteiger partial charge in [-0.05, 0) is 43.9 Å². The molecule has 2 amide bonds. The highest BCUT2D eigenvalue weighted by atomic mass is 19.1. The molecule has 1 atom stereocenters. The molecule has 1 saturated carbocycles. The van der Waals surface area contributed by atoms with Crippen LogP contribution in [0.25, 0.3) is 11.3 Å². The summed E-state index contributed by atoms with van der Waals surface area (Å²) in [5.74, 6) is 0.122. The van der Waals surface area contributed by atoms with Crippen LogP contribution in [0.4, 0.5) is 13.6 Å². The summed E-state index contributed by atoms with van der Waals surface area (Å²) >= 11 is 0. The molecule has 144 valence electrons. The van der Waals surface area contributed by atoms with Gasteiger partial charge in [0.15, 0.2) is 0 Å². The Bertz CT molecular complexity index is 847. The van der Waals surface area contributed by atoms with Gasteiger partial charge in [0, 0.05) is 42.9 Å². The first-order valence-electron chi connectivity index (χ1n) is 9.30. The van der Waals surface area contributed by atoms with Crippen LogP contribution in [0.2, 0.25) is 0 Å². The number of nitrogens with zero attached hydrogens (tertiary/aromatic N) is 2. The zero-order chi connectivity index (χ0) is 19.0. The predicted octanol–water partition coefficient (Wildman–Crippen LogP) is 2.18. The van der Waals surface area contributed by atoms with E-state index in [1.165, 1.54) is 12.1 Å². The number of aryl methyl sites for hydroxylation is 1. The van der Waals surface area contributed by atoms with Gasteiger partial charge in [-0.15, -0.1) is 0 Å². The molecule has 0 radical (unpaired) electrons. The largest absolute Gasteiger partial charge is 0.335 e. The van der Waals surface area contributed by atoms with Crippen LogP contribution >= 0.6 is 0 Å². The molecule has 1 fully saturated rings. The lowest BCUT2D eigenvalue weighted by molar-refractivity contribution is 0.200. The van der Waals surface area contributed by atoms with Gasteiger partial charge in [-0.2, -0.15) is 0 Å². The summed E-state index contributed by atoms with van der Waals surface area (Å²) in [6.07, 6.45) is 5.09. The number of carbonyl (C=O) groups is 1. The Kier molecular flexibility index (Phi) is 4.82. The average molecular weight is 375 g/mol. The minimum absolute atomic E-state index is 0.0111.